The van der Waals surface area contributed by atoms with Gasteiger partial charge in [-0.15, -0.1) is 5.11 Å². The summed E-state index contributed by atoms with van der Waals surface area (Å²) in [6, 6.07) is 10.5. The molecule has 0 fully saturated rings. The van der Waals surface area contributed by atoms with Crippen LogP contribution < -0.4 is 0 Å². The smallest absolute Gasteiger partial charge is 0.269 e. The van der Waals surface area contributed by atoms with Gasteiger partial charge in [-0.1, -0.05) is 0 Å². The molecule has 0 heterocycles. The second kappa shape index (κ2) is 5.74. The highest BCUT2D eigenvalue weighted by Gasteiger charge is 2.03. The number of aromatic hydroxyl groups is 1. The van der Waals surface area contributed by atoms with E-state index in [1.807, 2.05) is 22.6 Å². The molecule has 6 nitrogen and oxygen atoms in total. The van der Waals surface area contributed by atoms with Crippen molar-refractivity contribution in [2.45, 2.75) is 0 Å². The minimum Gasteiger partial charge on any atom is -0.508 e. The molecule has 0 aromatic heterocycles. The second-order valence-electron chi connectivity index (χ2n) is 3.61. The largest absolute Gasteiger partial charge is 0.508 e. The normalized spacial score (nSPS) is 10.8. The van der Waals surface area contributed by atoms with Crippen molar-refractivity contribution in [2.24, 2.45) is 10.2 Å². The van der Waals surface area contributed by atoms with E-state index in [0.717, 1.165) is 3.57 Å². The molecule has 19 heavy (non-hydrogen) atoms. The van der Waals surface area contributed by atoms with Gasteiger partial charge in [0, 0.05) is 15.7 Å². The number of rotatable bonds is 3. The Bertz CT molecular complexity index is 641. The Labute approximate surface area is 122 Å². The third-order valence-electron chi connectivity index (χ3n) is 2.26. The Hall–Kier alpha value is -2.03. The lowest BCUT2D eigenvalue weighted by Gasteiger charge is -1.98. The first kappa shape index (κ1) is 13.4. The monoisotopic (exact) mass is 369 g/mol. The maximum atomic E-state index is 10.5. The van der Waals surface area contributed by atoms with Gasteiger partial charge in [-0.25, -0.2) is 0 Å². The van der Waals surface area contributed by atoms with Crippen LogP contribution in [0.1, 0.15) is 0 Å². The van der Waals surface area contributed by atoms with Crippen LogP contribution in [0, 0.1) is 13.7 Å². The first-order valence-corrected chi connectivity index (χ1v) is 6.29. The number of nitrogens with zero attached hydrogens (tertiary/aromatic N) is 3. The van der Waals surface area contributed by atoms with Gasteiger partial charge in [-0.2, -0.15) is 5.11 Å². The molecule has 0 saturated carbocycles. The van der Waals surface area contributed by atoms with Gasteiger partial charge in [0.25, 0.3) is 5.69 Å². The van der Waals surface area contributed by atoms with E-state index in [-0.39, 0.29) is 11.4 Å². The van der Waals surface area contributed by atoms with Gasteiger partial charge in [0.05, 0.1) is 16.3 Å². The standard InChI is InChI=1S/C12H8IN3O3/c13-11-7-10(17)5-6-12(11)15-14-8-1-3-9(4-2-8)16(18)19/h1-7,17H. The number of phenolic OH excluding ortho intramolecular Hbond substituents is 1. The van der Waals surface area contributed by atoms with Crippen LogP contribution in [0.25, 0.3) is 0 Å². The molecule has 0 atom stereocenters. The summed E-state index contributed by atoms with van der Waals surface area (Å²) < 4.78 is 0.767. The molecule has 0 aliphatic carbocycles. The molecule has 0 bridgehead atoms. The van der Waals surface area contributed by atoms with E-state index in [2.05, 4.69) is 10.2 Å². The fraction of sp³-hybridized carbons (Fsp3) is 0. The molecule has 0 aliphatic rings. The summed E-state index contributed by atoms with van der Waals surface area (Å²) in [5.74, 6) is 0.165. The number of nitro groups is 1. The van der Waals surface area contributed by atoms with Crippen molar-refractivity contribution in [3.8, 4) is 5.75 Å². The Balaban J connectivity index is 2.20. The molecule has 0 radical (unpaired) electrons. The average Bonchev–Trinajstić information content (AvgIpc) is 2.38. The van der Waals surface area contributed by atoms with Gasteiger partial charge in [0.15, 0.2) is 0 Å². The molecule has 7 heteroatoms. The predicted molar refractivity (Wildman–Crippen MR) is 78.1 cm³/mol. The maximum Gasteiger partial charge on any atom is 0.269 e. The number of benzene rings is 2. The van der Waals surface area contributed by atoms with Crippen LogP contribution in [0.15, 0.2) is 52.7 Å². The van der Waals surface area contributed by atoms with Gasteiger partial charge >= 0.3 is 0 Å². The zero-order valence-corrected chi connectivity index (χ0v) is 11.7. The Kier molecular flexibility index (Phi) is 4.05. The van der Waals surface area contributed by atoms with Gasteiger partial charge in [0.2, 0.25) is 0 Å². The predicted octanol–water partition coefficient (Wildman–Crippen LogP) is 4.32. The summed E-state index contributed by atoms with van der Waals surface area (Å²) in [6.45, 7) is 0. The SMILES string of the molecule is O=[N+]([O-])c1ccc(N=Nc2ccc(O)cc2I)cc1. The molecule has 2 aromatic rings. The van der Waals surface area contributed by atoms with Crippen molar-refractivity contribution >= 4 is 39.7 Å². The topological polar surface area (TPSA) is 88.1 Å². The molecular weight excluding hydrogens is 361 g/mol. The lowest BCUT2D eigenvalue weighted by molar-refractivity contribution is -0.384. The number of halogens is 1. The third-order valence-corrected chi connectivity index (χ3v) is 3.13. The van der Waals surface area contributed by atoms with Gasteiger partial charge in [0.1, 0.15) is 5.75 Å². The first-order valence-electron chi connectivity index (χ1n) is 5.21. The van der Waals surface area contributed by atoms with Crippen molar-refractivity contribution in [3.63, 3.8) is 0 Å². The second-order valence-corrected chi connectivity index (χ2v) is 4.77. The van der Waals surface area contributed by atoms with Crippen LogP contribution in [0.5, 0.6) is 5.75 Å². The van der Waals surface area contributed by atoms with Crippen molar-refractivity contribution in [1.82, 2.24) is 0 Å². The number of nitro benzene ring substituents is 1. The van der Waals surface area contributed by atoms with Gasteiger partial charge in [-0.05, 0) is 52.9 Å². The minimum atomic E-state index is -0.468. The highest BCUT2D eigenvalue weighted by atomic mass is 127. The fourth-order valence-corrected chi connectivity index (χ4v) is 1.94. The number of azo groups is 1. The molecule has 0 aliphatic heterocycles. The highest BCUT2D eigenvalue weighted by molar-refractivity contribution is 14.1. The summed E-state index contributed by atoms with van der Waals surface area (Å²) in [5.41, 5.74) is 1.16. The molecule has 1 N–H and O–H groups in total. The molecule has 0 amide bonds. The fourth-order valence-electron chi connectivity index (χ4n) is 1.33. The average molecular weight is 369 g/mol. The van der Waals surface area contributed by atoms with E-state index in [0.29, 0.717) is 11.4 Å². The van der Waals surface area contributed by atoms with Crippen molar-refractivity contribution < 1.29 is 10.0 Å². The van der Waals surface area contributed by atoms with E-state index < -0.39 is 4.92 Å². The molecule has 2 rings (SSSR count). The van der Waals surface area contributed by atoms with E-state index in [9.17, 15) is 15.2 Å². The molecular formula is C12H8IN3O3. The van der Waals surface area contributed by atoms with Crippen molar-refractivity contribution in [3.05, 3.63) is 56.1 Å². The van der Waals surface area contributed by atoms with E-state index in [1.54, 1.807) is 12.1 Å². The zero-order valence-electron chi connectivity index (χ0n) is 9.52. The quantitative estimate of drug-likeness (QED) is 0.378. The van der Waals surface area contributed by atoms with E-state index in [1.165, 1.54) is 30.3 Å². The molecule has 96 valence electrons. The van der Waals surface area contributed by atoms with E-state index >= 15 is 0 Å². The highest BCUT2D eigenvalue weighted by Crippen LogP contribution is 2.27. The summed E-state index contributed by atoms with van der Waals surface area (Å²) >= 11 is 2.04. The van der Waals surface area contributed by atoms with Gasteiger partial charge in [-0.3, -0.25) is 10.1 Å². The summed E-state index contributed by atoms with van der Waals surface area (Å²) in [6.07, 6.45) is 0. The number of hydrogen-bond donors (Lipinski definition) is 1. The number of phenols is 1. The maximum absolute atomic E-state index is 10.5. The van der Waals surface area contributed by atoms with Crippen LogP contribution in [-0.2, 0) is 0 Å². The number of non-ortho nitro benzene ring substituents is 1. The van der Waals surface area contributed by atoms with Crippen LogP contribution in [-0.4, -0.2) is 10.0 Å². The van der Waals surface area contributed by atoms with Gasteiger partial charge < -0.3 is 5.11 Å². The summed E-state index contributed by atoms with van der Waals surface area (Å²) in [5, 5.41) is 27.8. The minimum absolute atomic E-state index is 0.0122. The van der Waals surface area contributed by atoms with Crippen LogP contribution >= 0.6 is 22.6 Å². The molecule has 0 spiro atoms. The number of hydrogen-bond acceptors (Lipinski definition) is 5. The lowest BCUT2D eigenvalue weighted by atomic mass is 10.3. The van der Waals surface area contributed by atoms with E-state index in [4.69, 9.17) is 0 Å². The Morgan fingerprint density at radius 3 is 2.37 bits per heavy atom. The Morgan fingerprint density at radius 2 is 1.79 bits per heavy atom. The molecule has 0 saturated heterocycles. The molecule has 2 aromatic carbocycles. The molecule has 0 unspecified atom stereocenters. The first-order chi connectivity index (χ1) is 9.06. The summed E-state index contributed by atoms with van der Waals surface area (Å²) in [7, 11) is 0. The Morgan fingerprint density at radius 1 is 1.11 bits per heavy atom. The van der Waals surface area contributed by atoms with Crippen molar-refractivity contribution in [2.75, 3.05) is 0 Å². The summed E-state index contributed by atoms with van der Waals surface area (Å²) in [4.78, 5) is 10.0. The van der Waals surface area contributed by atoms with Crippen LogP contribution in [0.2, 0.25) is 0 Å². The lowest BCUT2D eigenvalue weighted by Crippen LogP contribution is -1.85. The van der Waals surface area contributed by atoms with Crippen LogP contribution in [0.4, 0.5) is 17.1 Å². The van der Waals surface area contributed by atoms with Crippen molar-refractivity contribution in [1.29, 1.82) is 0 Å². The van der Waals surface area contributed by atoms with Crippen LogP contribution in [0.3, 0.4) is 0 Å². The zero-order chi connectivity index (χ0) is 13.8. The third kappa shape index (κ3) is 3.47.